The summed E-state index contributed by atoms with van der Waals surface area (Å²) in [4.78, 5) is 17.3. The number of ether oxygens (including phenoxy) is 1. The van der Waals surface area contributed by atoms with Crippen molar-refractivity contribution in [2.24, 2.45) is 11.8 Å². The van der Waals surface area contributed by atoms with Gasteiger partial charge in [0.25, 0.3) is 0 Å². The van der Waals surface area contributed by atoms with Crippen molar-refractivity contribution >= 4 is 5.97 Å². The van der Waals surface area contributed by atoms with E-state index in [0.717, 1.165) is 36.7 Å². The molecule has 29 heavy (non-hydrogen) atoms. The molecule has 2 aromatic rings. The van der Waals surface area contributed by atoms with E-state index < -0.39 is 11.4 Å². The van der Waals surface area contributed by atoms with Gasteiger partial charge in [-0.05, 0) is 62.3 Å². The molecule has 0 radical (unpaired) electrons. The number of carboxylic acid groups (broad SMARTS) is 1. The molecular formula is C24H30N2O3. The summed E-state index contributed by atoms with van der Waals surface area (Å²) in [6, 6.07) is 9.73. The first kappa shape index (κ1) is 18.9. The highest BCUT2D eigenvalue weighted by molar-refractivity contribution is 5.82. The highest BCUT2D eigenvalue weighted by Crippen LogP contribution is 2.47. The van der Waals surface area contributed by atoms with Crippen LogP contribution >= 0.6 is 0 Å². The summed E-state index contributed by atoms with van der Waals surface area (Å²) in [7, 11) is 0. The van der Waals surface area contributed by atoms with Crippen molar-refractivity contribution in [1.29, 1.82) is 0 Å². The number of hydrogen-bond acceptors (Lipinski definition) is 3. The SMILES string of the molecule is O=C(O)C1(c2ccccc2)CC[C@@H](c2nccn2CC2CC2)C[C@@H]1OCC1CC1. The number of benzene rings is 1. The fraction of sp³-hybridized carbons (Fsp3) is 0.583. The first-order valence-corrected chi connectivity index (χ1v) is 11.1. The second kappa shape index (κ2) is 7.60. The minimum atomic E-state index is -0.972. The lowest BCUT2D eigenvalue weighted by molar-refractivity contribution is -0.155. The van der Waals surface area contributed by atoms with E-state index in [9.17, 15) is 9.90 Å². The Labute approximate surface area is 172 Å². The van der Waals surface area contributed by atoms with Crippen LogP contribution in [-0.4, -0.2) is 33.3 Å². The van der Waals surface area contributed by atoms with E-state index in [1.165, 1.54) is 25.7 Å². The number of hydrogen-bond donors (Lipinski definition) is 1. The van der Waals surface area contributed by atoms with Gasteiger partial charge in [0.15, 0.2) is 0 Å². The van der Waals surface area contributed by atoms with Crippen LogP contribution in [0.4, 0.5) is 0 Å². The fourth-order valence-corrected chi connectivity index (χ4v) is 4.97. The number of carbonyl (C=O) groups is 1. The van der Waals surface area contributed by atoms with Gasteiger partial charge in [-0.1, -0.05) is 30.3 Å². The Hall–Kier alpha value is -2.14. The Morgan fingerprint density at radius 3 is 2.59 bits per heavy atom. The third-order valence-corrected chi connectivity index (χ3v) is 7.10. The Balaban J connectivity index is 1.44. The quantitative estimate of drug-likeness (QED) is 0.722. The molecule has 5 rings (SSSR count). The van der Waals surface area contributed by atoms with Gasteiger partial charge in [0.1, 0.15) is 11.2 Å². The molecule has 0 saturated heterocycles. The third-order valence-electron chi connectivity index (χ3n) is 7.10. The normalized spacial score (nSPS) is 29.7. The van der Waals surface area contributed by atoms with E-state index in [1.54, 1.807) is 0 Å². The van der Waals surface area contributed by atoms with E-state index in [-0.39, 0.29) is 12.0 Å². The Bertz CT molecular complexity index is 856. The maximum Gasteiger partial charge on any atom is 0.316 e. The molecule has 0 amide bonds. The lowest BCUT2D eigenvalue weighted by Crippen LogP contribution is -2.51. The second-order valence-electron chi connectivity index (χ2n) is 9.26. The monoisotopic (exact) mass is 394 g/mol. The van der Waals surface area contributed by atoms with Crippen LogP contribution in [0.5, 0.6) is 0 Å². The molecule has 1 N–H and O–H groups in total. The van der Waals surface area contributed by atoms with E-state index in [0.29, 0.717) is 18.9 Å². The summed E-state index contributed by atoms with van der Waals surface area (Å²) in [6.07, 6.45) is 10.8. The first-order valence-electron chi connectivity index (χ1n) is 11.1. The summed E-state index contributed by atoms with van der Waals surface area (Å²) in [6.45, 7) is 1.72. The van der Waals surface area contributed by atoms with Crippen molar-refractivity contribution < 1.29 is 14.6 Å². The number of aromatic nitrogens is 2. The highest BCUT2D eigenvalue weighted by Gasteiger charge is 2.52. The van der Waals surface area contributed by atoms with Gasteiger partial charge in [0, 0.05) is 31.5 Å². The molecule has 5 nitrogen and oxygen atoms in total. The zero-order valence-corrected chi connectivity index (χ0v) is 16.9. The van der Waals surface area contributed by atoms with Crippen molar-refractivity contribution in [1.82, 2.24) is 9.55 Å². The zero-order chi connectivity index (χ0) is 19.8. The molecule has 3 aliphatic carbocycles. The number of rotatable bonds is 8. The molecule has 1 aromatic carbocycles. The van der Waals surface area contributed by atoms with Crippen LogP contribution < -0.4 is 0 Å². The minimum Gasteiger partial charge on any atom is -0.481 e. The third kappa shape index (κ3) is 3.73. The van der Waals surface area contributed by atoms with Crippen LogP contribution in [0, 0.1) is 11.8 Å². The van der Waals surface area contributed by atoms with Gasteiger partial charge in [-0.15, -0.1) is 0 Å². The topological polar surface area (TPSA) is 64.3 Å². The summed E-state index contributed by atoms with van der Waals surface area (Å²) in [5.41, 5.74) is -0.103. The van der Waals surface area contributed by atoms with Crippen molar-refractivity contribution in [2.45, 2.75) is 68.9 Å². The number of nitrogens with zero attached hydrogens (tertiary/aromatic N) is 2. The van der Waals surface area contributed by atoms with Crippen LogP contribution in [0.3, 0.4) is 0 Å². The van der Waals surface area contributed by atoms with Gasteiger partial charge in [-0.25, -0.2) is 4.98 Å². The van der Waals surface area contributed by atoms with Crippen LogP contribution in [0.15, 0.2) is 42.7 Å². The number of aliphatic carboxylic acids is 1. The maximum absolute atomic E-state index is 12.7. The average Bonchev–Trinajstić information content (AvgIpc) is 3.66. The fourth-order valence-electron chi connectivity index (χ4n) is 4.97. The smallest absolute Gasteiger partial charge is 0.316 e. The predicted molar refractivity (Wildman–Crippen MR) is 110 cm³/mol. The van der Waals surface area contributed by atoms with Gasteiger partial charge < -0.3 is 14.4 Å². The van der Waals surface area contributed by atoms with Crippen molar-refractivity contribution in [2.75, 3.05) is 6.61 Å². The zero-order valence-electron chi connectivity index (χ0n) is 16.9. The van der Waals surface area contributed by atoms with Crippen molar-refractivity contribution in [3.63, 3.8) is 0 Å². The summed E-state index contributed by atoms with van der Waals surface area (Å²) in [5, 5.41) is 10.4. The number of imidazole rings is 1. The average molecular weight is 395 g/mol. The van der Waals surface area contributed by atoms with E-state index in [2.05, 4.69) is 15.7 Å². The molecule has 3 aliphatic rings. The van der Waals surface area contributed by atoms with Gasteiger partial charge >= 0.3 is 5.97 Å². The molecule has 0 spiro atoms. The lowest BCUT2D eigenvalue weighted by Gasteiger charge is -2.43. The van der Waals surface area contributed by atoms with Gasteiger partial charge in [-0.3, -0.25) is 4.79 Å². The number of carboxylic acids is 1. The molecule has 0 bridgehead atoms. The Kier molecular flexibility index (Phi) is 4.94. The largest absolute Gasteiger partial charge is 0.481 e. The van der Waals surface area contributed by atoms with Gasteiger partial charge in [0.2, 0.25) is 0 Å². The molecule has 1 heterocycles. The van der Waals surface area contributed by atoms with Crippen LogP contribution in [0.1, 0.15) is 62.3 Å². The molecule has 154 valence electrons. The lowest BCUT2D eigenvalue weighted by atomic mass is 9.64. The van der Waals surface area contributed by atoms with Crippen LogP contribution in [0.25, 0.3) is 0 Å². The molecule has 1 aromatic heterocycles. The molecule has 5 heteroatoms. The second-order valence-corrected chi connectivity index (χ2v) is 9.26. The molecular weight excluding hydrogens is 364 g/mol. The summed E-state index contributed by atoms with van der Waals surface area (Å²) >= 11 is 0. The maximum atomic E-state index is 12.7. The Morgan fingerprint density at radius 1 is 1.14 bits per heavy atom. The van der Waals surface area contributed by atoms with Gasteiger partial charge in [-0.2, -0.15) is 0 Å². The Morgan fingerprint density at radius 2 is 1.90 bits per heavy atom. The van der Waals surface area contributed by atoms with Gasteiger partial charge in [0.05, 0.1) is 6.10 Å². The van der Waals surface area contributed by atoms with Crippen molar-refractivity contribution in [3.8, 4) is 0 Å². The standard InChI is InChI=1S/C24H30N2O3/c27-23(28)24(20-4-2-1-3-5-20)11-10-19(14-21(24)29-16-18-8-9-18)22-25-12-13-26(22)15-17-6-7-17/h1-5,12-13,17-19,21H,6-11,14-16H2,(H,27,28)/t19-,21+,24?/m1/s1. The molecule has 3 fully saturated rings. The van der Waals surface area contributed by atoms with Crippen LogP contribution in [0.2, 0.25) is 0 Å². The van der Waals surface area contributed by atoms with E-state index >= 15 is 0 Å². The molecule has 0 aliphatic heterocycles. The summed E-state index contributed by atoms with van der Waals surface area (Å²) < 4.78 is 8.68. The van der Waals surface area contributed by atoms with Crippen molar-refractivity contribution in [3.05, 3.63) is 54.1 Å². The van der Waals surface area contributed by atoms with E-state index in [4.69, 9.17) is 4.74 Å². The highest BCUT2D eigenvalue weighted by atomic mass is 16.5. The minimum absolute atomic E-state index is 0.254. The molecule has 1 unspecified atom stereocenters. The summed E-state index contributed by atoms with van der Waals surface area (Å²) in [5.74, 6) is 2.00. The molecule has 3 atom stereocenters. The van der Waals surface area contributed by atoms with E-state index in [1.807, 2.05) is 36.5 Å². The first-order chi connectivity index (χ1) is 14.2. The predicted octanol–water partition coefficient (Wildman–Crippen LogP) is 4.38. The molecule has 3 saturated carbocycles. The van der Waals surface area contributed by atoms with Crippen LogP contribution in [-0.2, 0) is 21.5 Å².